The molecule has 3 rings (SSSR count). The Morgan fingerprint density at radius 2 is 1.81 bits per heavy atom. The molecule has 8 heteroatoms. The van der Waals surface area contributed by atoms with Gasteiger partial charge in [-0.05, 0) is 48.4 Å². The van der Waals surface area contributed by atoms with Gasteiger partial charge in [0.15, 0.2) is 5.96 Å². The summed E-state index contributed by atoms with van der Waals surface area (Å²) in [6.45, 7) is 2.66. The van der Waals surface area contributed by atoms with Gasteiger partial charge in [-0.15, -0.1) is 24.0 Å². The molecule has 0 aliphatic rings. The van der Waals surface area contributed by atoms with Crippen LogP contribution < -0.4 is 15.5 Å². The lowest BCUT2D eigenvalue weighted by Gasteiger charge is -2.20. The third-order valence-corrected chi connectivity index (χ3v) is 4.92. The summed E-state index contributed by atoms with van der Waals surface area (Å²) in [7, 11) is 2.09. The molecule has 32 heavy (non-hydrogen) atoms. The Kier molecular flexibility index (Phi) is 11.6. The highest BCUT2D eigenvalue weighted by molar-refractivity contribution is 14.0. The van der Waals surface area contributed by atoms with E-state index < -0.39 is 6.10 Å². The van der Waals surface area contributed by atoms with Crippen LogP contribution in [0.5, 0.6) is 0 Å². The topological polar surface area (TPSA) is 85.9 Å². The lowest BCUT2D eigenvalue weighted by Crippen LogP contribution is -2.40. The Balaban J connectivity index is 0.00000363. The molecule has 0 spiro atoms. The SMILES string of the molecule is CN(CCCNC(=NCC(O)c1ccncc1)NCCc1ccco1)c1ccccc1.I. The summed E-state index contributed by atoms with van der Waals surface area (Å²) in [5.74, 6) is 1.61. The van der Waals surface area contributed by atoms with Crippen molar-refractivity contribution in [2.75, 3.05) is 38.1 Å². The largest absolute Gasteiger partial charge is 0.469 e. The average molecular weight is 549 g/mol. The third kappa shape index (κ3) is 8.88. The first-order chi connectivity index (χ1) is 15.2. The minimum Gasteiger partial charge on any atom is -0.469 e. The fourth-order valence-corrected chi connectivity index (χ4v) is 3.14. The van der Waals surface area contributed by atoms with Gasteiger partial charge in [0.1, 0.15) is 5.76 Å². The first-order valence-electron chi connectivity index (χ1n) is 10.6. The minimum atomic E-state index is -0.670. The molecule has 3 N–H and O–H groups in total. The van der Waals surface area contributed by atoms with Crippen LogP contribution in [0.15, 0.2) is 82.7 Å². The van der Waals surface area contributed by atoms with Crippen molar-refractivity contribution in [2.24, 2.45) is 4.99 Å². The number of aromatic nitrogens is 1. The van der Waals surface area contributed by atoms with Gasteiger partial charge in [0.2, 0.25) is 0 Å². The number of aliphatic imine (C=N–C) groups is 1. The Hall–Kier alpha value is -2.59. The van der Waals surface area contributed by atoms with Crippen molar-refractivity contribution in [3.8, 4) is 0 Å². The number of aliphatic hydroxyl groups excluding tert-OH is 1. The van der Waals surface area contributed by atoms with E-state index in [1.165, 1.54) is 5.69 Å². The standard InChI is InChI=1S/C24H31N5O2.HI/c1-29(21-7-3-2-4-8-21)17-6-13-26-24(27-16-12-22-9-5-18-31-22)28-19-23(30)20-10-14-25-15-11-20;/h2-5,7-11,14-15,18,23,30H,6,12-13,16-17,19H2,1H3,(H2,26,27,28);1H. The fraction of sp³-hybridized carbons (Fsp3) is 0.333. The zero-order valence-corrected chi connectivity index (χ0v) is 20.7. The lowest BCUT2D eigenvalue weighted by molar-refractivity contribution is 0.187. The molecule has 0 radical (unpaired) electrons. The Morgan fingerprint density at radius 1 is 1.06 bits per heavy atom. The van der Waals surface area contributed by atoms with Crippen LogP contribution >= 0.6 is 24.0 Å². The summed E-state index contributed by atoms with van der Waals surface area (Å²) in [6, 6.07) is 17.8. The van der Waals surface area contributed by atoms with Crippen molar-refractivity contribution in [1.29, 1.82) is 0 Å². The van der Waals surface area contributed by atoms with Crippen molar-refractivity contribution in [3.63, 3.8) is 0 Å². The second kappa shape index (κ2) is 14.5. The molecule has 0 amide bonds. The van der Waals surface area contributed by atoms with Crippen LogP contribution in [0.1, 0.15) is 23.8 Å². The van der Waals surface area contributed by atoms with E-state index in [0.717, 1.165) is 37.3 Å². The first-order valence-corrected chi connectivity index (χ1v) is 10.6. The highest BCUT2D eigenvalue weighted by Gasteiger charge is 2.08. The van der Waals surface area contributed by atoms with Crippen molar-refractivity contribution in [2.45, 2.75) is 18.9 Å². The molecule has 0 aliphatic carbocycles. The number of para-hydroxylation sites is 1. The summed E-state index contributed by atoms with van der Waals surface area (Å²) in [5, 5.41) is 17.1. The predicted molar refractivity (Wildman–Crippen MR) is 140 cm³/mol. The summed E-state index contributed by atoms with van der Waals surface area (Å²) in [5.41, 5.74) is 2.01. The molecule has 2 heterocycles. The monoisotopic (exact) mass is 549 g/mol. The normalized spacial score (nSPS) is 12.0. The maximum Gasteiger partial charge on any atom is 0.191 e. The number of aliphatic hydroxyl groups is 1. The zero-order chi connectivity index (χ0) is 21.7. The van der Waals surface area contributed by atoms with Gasteiger partial charge in [0.25, 0.3) is 0 Å². The van der Waals surface area contributed by atoms with E-state index in [1.807, 2.05) is 30.3 Å². The molecular formula is C24H32IN5O2. The number of halogens is 1. The predicted octanol–water partition coefficient (Wildman–Crippen LogP) is 3.63. The Morgan fingerprint density at radius 3 is 2.53 bits per heavy atom. The van der Waals surface area contributed by atoms with Gasteiger partial charge in [-0.3, -0.25) is 9.98 Å². The van der Waals surface area contributed by atoms with Gasteiger partial charge in [-0.25, -0.2) is 0 Å². The molecule has 2 aromatic heterocycles. The fourth-order valence-electron chi connectivity index (χ4n) is 3.14. The van der Waals surface area contributed by atoms with E-state index in [4.69, 9.17) is 4.42 Å². The van der Waals surface area contributed by atoms with Crippen LogP contribution in [0.2, 0.25) is 0 Å². The van der Waals surface area contributed by atoms with Crippen LogP contribution in [0.25, 0.3) is 0 Å². The van der Waals surface area contributed by atoms with Crippen molar-refractivity contribution in [1.82, 2.24) is 15.6 Å². The summed E-state index contributed by atoms with van der Waals surface area (Å²) < 4.78 is 5.39. The van der Waals surface area contributed by atoms with E-state index in [-0.39, 0.29) is 30.5 Å². The van der Waals surface area contributed by atoms with Crippen molar-refractivity contribution >= 4 is 35.6 Å². The maximum atomic E-state index is 10.4. The third-order valence-electron chi connectivity index (χ3n) is 4.92. The number of rotatable bonds is 11. The van der Waals surface area contributed by atoms with Crippen LogP contribution in [0, 0.1) is 0 Å². The second-order valence-electron chi connectivity index (χ2n) is 7.28. The average Bonchev–Trinajstić information content (AvgIpc) is 3.34. The maximum absolute atomic E-state index is 10.4. The minimum absolute atomic E-state index is 0. The molecule has 172 valence electrons. The Bertz CT molecular complexity index is 891. The molecular weight excluding hydrogens is 517 g/mol. The highest BCUT2D eigenvalue weighted by atomic mass is 127. The van der Waals surface area contributed by atoms with E-state index >= 15 is 0 Å². The number of nitrogens with one attached hydrogen (secondary N) is 2. The van der Waals surface area contributed by atoms with Gasteiger partial charge >= 0.3 is 0 Å². The van der Waals surface area contributed by atoms with Gasteiger partial charge < -0.3 is 25.1 Å². The first kappa shape index (κ1) is 25.7. The van der Waals surface area contributed by atoms with Crippen LogP contribution in [0.3, 0.4) is 0 Å². The Labute approximate surface area is 207 Å². The number of furan rings is 1. The van der Waals surface area contributed by atoms with Crippen molar-refractivity contribution < 1.29 is 9.52 Å². The van der Waals surface area contributed by atoms with E-state index in [2.05, 4.69) is 44.7 Å². The van der Waals surface area contributed by atoms with Crippen molar-refractivity contribution in [3.05, 3.63) is 84.6 Å². The molecule has 0 fully saturated rings. The summed E-state index contributed by atoms with van der Waals surface area (Å²) >= 11 is 0. The highest BCUT2D eigenvalue weighted by Crippen LogP contribution is 2.12. The summed E-state index contributed by atoms with van der Waals surface area (Å²) in [4.78, 5) is 10.8. The van der Waals surface area contributed by atoms with Gasteiger partial charge in [-0.1, -0.05) is 18.2 Å². The molecule has 0 aliphatic heterocycles. The molecule has 0 bridgehead atoms. The molecule has 1 unspecified atom stereocenters. The number of benzene rings is 1. The number of hydrogen-bond acceptors (Lipinski definition) is 5. The smallest absolute Gasteiger partial charge is 0.191 e. The molecule has 7 nitrogen and oxygen atoms in total. The molecule has 1 atom stereocenters. The van der Waals surface area contributed by atoms with E-state index in [1.54, 1.807) is 30.8 Å². The molecule has 3 aromatic rings. The molecule has 1 aromatic carbocycles. The summed E-state index contributed by atoms with van der Waals surface area (Å²) in [6.07, 6.45) is 6.07. The number of guanidine groups is 1. The van der Waals surface area contributed by atoms with Crippen LogP contribution in [-0.2, 0) is 6.42 Å². The number of hydrogen-bond donors (Lipinski definition) is 3. The van der Waals surface area contributed by atoms with Crippen LogP contribution in [0.4, 0.5) is 5.69 Å². The second-order valence-corrected chi connectivity index (χ2v) is 7.28. The van der Waals surface area contributed by atoms with E-state index in [9.17, 15) is 5.11 Å². The molecule has 0 saturated carbocycles. The zero-order valence-electron chi connectivity index (χ0n) is 18.4. The molecule has 0 saturated heterocycles. The number of nitrogens with zero attached hydrogens (tertiary/aromatic N) is 3. The number of anilines is 1. The van der Waals surface area contributed by atoms with E-state index in [0.29, 0.717) is 12.5 Å². The van der Waals surface area contributed by atoms with Gasteiger partial charge in [-0.2, -0.15) is 0 Å². The van der Waals surface area contributed by atoms with Gasteiger partial charge in [0, 0.05) is 51.2 Å². The van der Waals surface area contributed by atoms with Crippen LogP contribution in [-0.4, -0.2) is 49.3 Å². The number of pyridine rings is 1. The van der Waals surface area contributed by atoms with Gasteiger partial charge in [0.05, 0.1) is 18.9 Å². The lowest BCUT2D eigenvalue weighted by atomic mass is 10.1. The quantitative estimate of drug-likeness (QED) is 0.147.